The quantitative estimate of drug-likeness (QED) is 0.0322. The molecule has 0 aliphatic heterocycles. The van der Waals surface area contributed by atoms with Crippen molar-refractivity contribution < 1.29 is 24.5 Å². The van der Waals surface area contributed by atoms with E-state index in [0.717, 1.165) is 70.6 Å². The van der Waals surface area contributed by atoms with E-state index in [1.807, 2.05) is 6.08 Å². The first-order valence-electron chi connectivity index (χ1n) is 26.8. The molecular weight excluding hydrogens is 755 g/mol. The molecule has 0 aromatic carbocycles. The van der Waals surface area contributed by atoms with Crippen LogP contribution in [0, 0.1) is 0 Å². The van der Waals surface area contributed by atoms with E-state index in [9.17, 15) is 19.8 Å². The molecule has 2 atom stereocenters. The molecule has 6 nitrogen and oxygen atoms in total. The van der Waals surface area contributed by atoms with Crippen molar-refractivity contribution in [1.29, 1.82) is 0 Å². The van der Waals surface area contributed by atoms with Gasteiger partial charge in [-0.2, -0.15) is 0 Å². The van der Waals surface area contributed by atoms with Crippen molar-refractivity contribution >= 4 is 11.9 Å². The van der Waals surface area contributed by atoms with E-state index in [2.05, 4.69) is 43.5 Å². The highest BCUT2D eigenvalue weighted by Crippen LogP contribution is 2.16. The normalized spacial score (nSPS) is 12.9. The van der Waals surface area contributed by atoms with Gasteiger partial charge in [0.15, 0.2) is 0 Å². The van der Waals surface area contributed by atoms with Crippen LogP contribution in [-0.4, -0.2) is 47.4 Å². The predicted molar refractivity (Wildman–Crippen MR) is 264 cm³/mol. The van der Waals surface area contributed by atoms with Gasteiger partial charge in [0, 0.05) is 12.8 Å². The van der Waals surface area contributed by atoms with Crippen LogP contribution in [0.25, 0.3) is 0 Å². The molecule has 0 bridgehead atoms. The highest BCUT2D eigenvalue weighted by molar-refractivity contribution is 5.76. The largest absolute Gasteiger partial charge is 0.466 e. The maximum atomic E-state index is 12.4. The van der Waals surface area contributed by atoms with Crippen LogP contribution in [0.15, 0.2) is 36.5 Å². The molecule has 6 heteroatoms. The molecule has 0 saturated heterocycles. The Hall–Kier alpha value is -1.92. The molecule has 0 aromatic heterocycles. The number of unbranched alkanes of at least 4 members (excludes halogenated alkanes) is 34. The second-order valence-corrected chi connectivity index (χ2v) is 18.2. The average Bonchev–Trinajstić information content (AvgIpc) is 3.26. The van der Waals surface area contributed by atoms with Crippen molar-refractivity contribution in [3.63, 3.8) is 0 Å². The third-order valence-electron chi connectivity index (χ3n) is 12.2. The summed E-state index contributed by atoms with van der Waals surface area (Å²) in [6, 6.07) is -0.643. The van der Waals surface area contributed by atoms with Crippen molar-refractivity contribution in [2.75, 3.05) is 13.2 Å². The minimum Gasteiger partial charge on any atom is -0.466 e. The van der Waals surface area contributed by atoms with E-state index in [-0.39, 0.29) is 18.5 Å². The summed E-state index contributed by atoms with van der Waals surface area (Å²) in [5.74, 6) is -0.116. The summed E-state index contributed by atoms with van der Waals surface area (Å²) in [4.78, 5) is 24.5. The van der Waals surface area contributed by atoms with Gasteiger partial charge in [-0.05, 0) is 64.2 Å². The number of hydrogen-bond donors (Lipinski definition) is 3. The van der Waals surface area contributed by atoms with Crippen LogP contribution >= 0.6 is 0 Å². The number of aliphatic hydroxyl groups excluding tert-OH is 2. The van der Waals surface area contributed by atoms with E-state index in [0.29, 0.717) is 19.4 Å². The maximum absolute atomic E-state index is 12.4. The van der Waals surface area contributed by atoms with Crippen molar-refractivity contribution in [2.45, 2.75) is 289 Å². The van der Waals surface area contributed by atoms with Gasteiger partial charge in [0.05, 0.1) is 25.4 Å². The fraction of sp³-hybridized carbons (Fsp3) is 0.855. The monoisotopic (exact) mass is 858 g/mol. The van der Waals surface area contributed by atoms with Gasteiger partial charge in [0.1, 0.15) is 0 Å². The Bertz CT molecular complexity index is 993. The number of hydrogen-bond acceptors (Lipinski definition) is 5. The van der Waals surface area contributed by atoms with Gasteiger partial charge in [-0.1, -0.05) is 237 Å². The molecule has 0 aliphatic carbocycles. The van der Waals surface area contributed by atoms with Crippen LogP contribution in [0.2, 0.25) is 0 Å². The first kappa shape index (κ1) is 59.1. The number of carbonyl (C=O) groups is 2. The molecule has 3 N–H and O–H groups in total. The third kappa shape index (κ3) is 47.4. The van der Waals surface area contributed by atoms with Crippen molar-refractivity contribution in [3.05, 3.63) is 36.5 Å². The van der Waals surface area contributed by atoms with Crippen molar-refractivity contribution in [1.82, 2.24) is 5.32 Å². The Morgan fingerprint density at radius 2 is 0.820 bits per heavy atom. The summed E-state index contributed by atoms with van der Waals surface area (Å²) in [7, 11) is 0. The Labute approximate surface area is 379 Å². The van der Waals surface area contributed by atoms with Crippen LogP contribution in [0.5, 0.6) is 0 Å². The number of aliphatic hydroxyl groups is 2. The first-order valence-corrected chi connectivity index (χ1v) is 26.8. The van der Waals surface area contributed by atoms with Gasteiger partial charge in [-0.25, -0.2) is 0 Å². The molecule has 0 heterocycles. The number of carbonyl (C=O) groups excluding carboxylic acids is 2. The zero-order valence-electron chi connectivity index (χ0n) is 40.6. The van der Waals surface area contributed by atoms with Gasteiger partial charge in [0.2, 0.25) is 5.91 Å². The Morgan fingerprint density at radius 1 is 0.459 bits per heavy atom. The van der Waals surface area contributed by atoms with Gasteiger partial charge in [0.25, 0.3) is 0 Å². The summed E-state index contributed by atoms with van der Waals surface area (Å²) in [6.45, 7) is 4.84. The molecule has 0 rings (SSSR count). The third-order valence-corrected chi connectivity index (χ3v) is 12.2. The molecule has 0 saturated carbocycles. The number of esters is 1. The molecule has 0 radical (unpaired) electrons. The summed E-state index contributed by atoms with van der Waals surface area (Å²) in [6.07, 6.45) is 61.4. The SMILES string of the molecule is CCCCCC/C=C\C/C=C\CCCCCCCC(=O)OCCCCCCCCCCCCCC(=O)NC(CO)C(O)/C=C/CCCCCCCCCCCCCCCCC. The van der Waals surface area contributed by atoms with Crippen LogP contribution in [0.4, 0.5) is 0 Å². The number of rotatable bonds is 49. The number of ether oxygens (including phenoxy) is 1. The molecule has 61 heavy (non-hydrogen) atoms. The Kier molecular flexibility index (Phi) is 49.1. The first-order chi connectivity index (χ1) is 30.0. The molecule has 0 aliphatic rings. The second kappa shape index (κ2) is 50.7. The van der Waals surface area contributed by atoms with Crippen LogP contribution in [0.1, 0.15) is 277 Å². The van der Waals surface area contributed by atoms with Crippen LogP contribution in [0.3, 0.4) is 0 Å². The van der Waals surface area contributed by atoms with E-state index in [4.69, 9.17) is 4.74 Å². The fourth-order valence-corrected chi connectivity index (χ4v) is 8.02. The van der Waals surface area contributed by atoms with Crippen LogP contribution < -0.4 is 5.32 Å². The molecule has 0 fully saturated rings. The number of nitrogens with one attached hydrogen (secondary N) is 1. The summed E-state index contributed by atoms with van der Waals surface area (Å²) >= 11 is 0. The highest BCUT2D eigenvalue weighted by Gasteiger charge is 2.18. The fourth-order valence-electron chi connectivity index (χ4n) is 8.02. The topological polar surface area (TPSA) is 95.9 Å². The molecule has 0 aromatic rings. The molecule has 2 unspecified atom stereocenters. The Balaban J connectivity index is 3.52. The summed E-state index contributed by atoms with van der Waals surface area (Å²) in [5.41, 5.74) is 0. The molecular formula is C55H103NO5. The van der Waals surface area contributed by atoms with Crippen LogP contribution in [-0.2, 0) is 14.3 Å². The van der Waals surface area contributed by atoms with Gasteiger partial charge < -0.3 is 20.3 Å². The van der Waals surface area contributed by atoms with Crippen molar-refractivity contribution in [3.8, 4) is 0 Å². The van der Waals surface area contributed by atoms with Gasteiger partial charge in [-0.3, -0.25) is 9.59 Å². The molecule has 1 amide bonds. The zero-order valence-corrected chi connectivity index (χ0v) is 40.6. The number of amides is 1. The standard InChI is InChI=1S/C55H103NO5/c1-3-5-7-9-11-13-15-17-19-21-22-24-27-31-35-39-43-47-53(58)52(51-57)56-54(59)48-44-40-36-32-28-26-30-34-38-42-46-50-61-55(60)49-45-41-37-33-29-25-23-20-18-16-14-12-10-8-6-4-2/h14,16,20,23,43,47,52-53,57-58H,3-13,15,17-19,21-22,24-42,44-46,48-51H2,1-2H3,(H,56,59)/b16-14-,23-20-,47-43+. The van der Waals surface area contributed by atoms with E-state index >= 15 is 0 Å². The Morgan fingerprint density at radius 3 is 1.26 bits per heavy atom. The highest BCUT2D eigenvalue weighted by atomic mass is 16.5. The van der Waals surface area contributed by atoms with E-state index in [1.165, 1.54) is 180 Å². The van der Waals surface area contributed by atoms with E-state index in [1.54, 1.807) is 6.08 Å². The summed E-state index contributed by atoms with van der Waals surface area (Å²) < 4.78 is 5.45. The minimum atomic E-state index is -0.858. The lowest BCUT2D eigenvalue weighted by atomic mass is 10.0. The minimum absolute atomic E-state index is 0.0291. The van der Waals surface area contributed by atoms with Gasteiger partial charge in [-0.15, -0.1) is 0 Å². The lowest BCUT2D eigenvalue weighted by molar-refractivity contribution is -0.143. The number of allylic oxidation sites excluding steroid dienone is 5. The average molecular weight is 858 g/mol. The second-order valence-electron chi connectivity index (χ2n) is 18.2. The summed E-state index contributed by atoms with van der Waals surface area (Å²) in [5, 5.41) is 23.1. The lowest BCUT2D eigenvalue weighted by Gasteiger charge is -2.20. The van der Waals surface area contributed by atoms with Gasteiger partial charge >= 0.3 is 5.97 Å². The predicted octanol–water partition coefficient (Wildman–Crippen LogP) is 16.1. The van der Waals surface area contributed by atoms with Crippen molar-refractivity contribution in [2.24, 2.45) is 0 Å². The molecule has 358 valence electrons. The van der Waals surface area contributed by atoms with E-state index < -0.39 is 12.1 Å². The zero-order chi connectivity index (χ0) is 44.4. The smallest absolute Gasteiger partial charge is 0.305 e. The molecule has 0 spiro atoms. The lowest BCUT2D eigenvalue weighted by Crippen LogP contribution is -2.45. The maximum Gasteiger partial charge on any atom is 0.305 e.